The second kappa shape index (κ2) is 7.49. The molecule has 0 aromatic carbocycles. The quantitative estimate of drug-likeness (QED) is 0.636. The second-order valence-corrected chi connectivity index (χ2v) is 7.19. The van der Waals surface area contributed by atoms with E-state index in [0.717, 1.165) is 29.7 Å². The van der Waals surface area contributed by atoms with Gasteiger partial charge in [0.2, 0.25) is 5.75 Å². The molecule has 1 amide bonds. The van der Waals surface area contributed by atoms with Crippen LogP contribution in [0.15, 0.2) is 18.3 Å². The van der Waals surface area contributed by atoms with Crippen molar-refractivity contribution in [1.82, 2.24) is 4.98 Å². The van der Waals surface area contributed by atoms with Gasteiger partial charge in [0.25, 0.3) is 5.91 Å². The van der Waals surface area contributed by atoms with Crippen LogP contribution >= 0.6 is 11.3 Å². The minimum atomic E-state index is -0.671. The summed E-state index contributed by atoms with van der Waals surface area (Å²) in [6.07, 6.45) is 4.05. The summed E-state index contributed by atoms with van der Waals surface area (Å²) in [4.78, 5) is 27.2. The lowest BCUT2D eigenvalue weighted by molar-refractivity contribution is -0.390. The third kappa shape index (κ3) is 3.65. The number of carbonyl (C=O) groups is 1. The van der Waals surface area contributed by atoms with Crippen LogP contribution in [0.1, 0.15) is 29.3 Å². The predicted octanol–water partition coefficient (Wildman–Crippen LogP) is 3.07. The summed E-state index contributed by atoms with van der Waals surface area (Å²) in [5.41, 5.74) is 1.53. The number of nitrogens with zero attached hydrogens (tertiary/aromatic N) is 3. The molecule has 0 radical (unpaired) electrons. The molecule has 0 fully saturated rings. The smallest absolute Gasteiger partial charge is 0.406 e. The Kier molecular flexibility index (Phi) is 5.14. The van der Waals surface area contributed by atoms with Gasteiger partial charge in [-0.15, -0.1) is 11.3 Å². The largest absolute Gasteiger partial charge is 0.476 e. The van der Waals surface area contributed by atoms with Gasteiger partial charge < -0.3 is 20.2 Å². The van der Waals surface area contributed by atoms with E-state index in [9.17, 15) is 20.2 Å². The molecule has 1 N–H and O–H groups in total. The van der Waals surface area contributed by atoms with E-state index in [-0.39, 0.29) is 5.75 Å². The number of nitro groups is 1. The molecule has 1 aliphatic carbocycles. The maximum atomic E-state index is 12.2. The van der Waals surface area contributed by atoms with Crippen molar-refractivity contribution in [2.45, 2.75) is 26.2 Å². The molecule has 1 aliphatic rings. The van der Waals surface area contributed by atoms with E-state index in [4.69, 9.17) is 4.74 Å². The number of ether oxygens (including phenoxy) is 1. The molecule has 134 valence electrons. The van der Waals surface area contributed by atoms with Gasteiger partial charge in [-0.05, 0) is 52.8 Å². The zero-order valence-electron chi connectivity index (χ0n) is 14.0. The first-order valence-corrected chi connectivity index (χ1v) is 8.88. The Labute approximate surface area is 153 Å². The van der Waals surface area contributed by atoms with E-state index in [1.54, 1.807) is 0 Å². The van der Waals surface area contributed by atoms with Gasteiger partial charge in [-0.1, -0.05) is 6.92 Å². The summed E-state index contributed by atoms with van der Waals surface area (Å²) in [5.74, 6) is -0.442. The maximum absolute atomic E-state index is 12.2. The first-order valence-electron chi connectivity index (χ1n) is 8.06. The Morgan fingerprint density at radius 1 is 1.62 bits per heavy atom. The molecule has 0 bridgehead atoms. The fourth-order valence-corrected chi connectivity index (χ4v) is 4.27. The minimum absolute atomic E-state index is 0.0764. The first kappa shape index (κ1) is 17.8. The van der Waals surface area contributed by atoms with Crippen molar-refractivity contribution in [2.75, 3.05) is 11.9 Å². The van der Waals surface area contributed by atoms with Gasteiger partial charge in [0.1, 0.15) is 17.3 Å². The van der Waals surface area contributed by atoms with E-state index in [1.165, 1.54) is 29.7 Å². The number of hydrogen-bond acceptors (Lipinski definition) is 7. The number of pyridine rings is 1. The number of fused-ring (bicyclic) bond motifs is 1. The number of anilines is 1. The van der Waals surface area contributed by atoms with E-state index < -0.39 is 23.3 Å². The SMILES string of the molecule is CC1CCc2c(sc(NC(=O)COc3cccnc3[N+](=O)[O-])c2C#N)C1. The fourth-order valence-electron chi connectivity index (χ4n) is 2.90. The highest BCUT2D eigenvalue weighted by atomic mass is 32.1. The predicted molar refractivity (Wildman–Crippen MR) is 95.2 cm³/mol. The van der Waals surface area contributed by atoms with Gasteiger partial charge in [0.15, 0.2) is 6.61 Å². The normalized spacial score (nSPS) is 15.6. The molecule has 1 atom stereocenters. The minimum Gasteiger partial charge on any atom is -0.476 e. The van der Waals surface area contributed by atoms with Crippen molar-refractivity contribution in [3.05, 3.63) is 44.4 Å². The molecule has 0 saturated heterocycles. The number of hydrogen-bond donors (Lipinski definition) is 1. The van der Waals surface area contributed by atoms with Crippen molar-refractivity contribution in [1.29, 1.82) is 5.26 Å². The van der Waals surface area contributed by atoms with Crippen LogP contribution in [0.25, 0.3) is 0 Å². The lowest BCUT2D eigenvalue weighted by Gasteiger charge is -2.17. The van der Waals surface area contributed by atoms with Crippen LogP contribution in [0, 0.1) is 27.4 Å². The molecule has 0 spiro atoms. The van der Waals surface area contributed by atoms with Gasteiger partial charge in [0.05, 0.1) is 5.56 Å². The van der Waals surface area contributed by atoms with Crippen LogP contribution < -0.4 is 10.1 Å². The number of rotatable bonds is 5. The molecular formula is C17H16N4O4S. The van der Waals surface area contributed by atoms with Crippen LogP contribution in [0.5, 0.6) is 5.75 Å². The molecule has 1 unspecified atom stereocenters. The summed E-state index contributed by atoms with van der Waals surface area (Å²) in [6, 6.07) is 5.05. The lowest BCUT2D eigenvalue weighted by atomic mass is 9.89. The Hall–Kier alpha value is -2.99. The average molecular weight is 372 g/mol. The molecule has 0 aliphatic heterocycles. The summed E-state index contributed by atoms with van der Waals surface area (Å²) < 4.78 is 5.23. The molecule has 9 heteroatoms. The third-order valence-electron chi connectivity index (χ3n) is 4.16. The van der Waals surface area contributed by atoms with E-state index in [0.29, 0.717) is 16.5 Å². The number of nitriles is 1. The monoisotopic (exact) mass is 372 g/mol. The molecule has 2 aromatic rings. The number of thiophene rings is 1. The van der Waals surface area contributed by atoms with Crippen molar-refractivity contribution < 1.29 is 14.5 Å². The highest BCUT2D eigenvalue weighted by Gasteiger charge is 2.25. The van der Waals surface area contributed by atoms with Crippen molar-refractivity contribution in [3.8, 4) is 11.8 Å². The van der Waals surface area contributed by atoms with Crippen LogP contribution in [0.3, 0.4) is 0 Å². The molecule has 8 nitrogen and oxygen atoms in total. The average Bonchev–Trinajstić information content (AvgIpc) is 2.95. The standard InChI is InChI=1S/C17H16N4O4S/c1-10-4-5-11-12(8-18)17(26-14(11)7-10)20-15(22)9-25-13-3-2-6-19-16(13)21(23)24/h2-3,6,10H,4-5,7,9H2,1H3,(H,20,22). The Morgan fingerprint density at radius 3 is 3.15 bits per heavy atom. The maximum Gasteiger partial charge on any atom is 0.406 e. The van der Waals surface area contributed by atoms with Crippen LogP contribution in [-0.4, -0.2) is 22.4 Å². The van der Waals surface area contributed by atoms with Crippen molar-refractivity contribution in [3.63, 3.8) is 0 Å². The zero-order valence-corrected chi connectivity index (χ0v) is 14.8. The van der Waals surface area contributed by atoms with E-state index in [2.05, 4.69) is 23.3 Å². The molecule has 2 aromatic heterocycles. The zero-order chi connectivity index (χ0) is 18.7. The third-order valence-corrected chi connectivity index (χ3v) is 5.33. The number of carbonyl (C=O) groups excluding carboxylic acids is 1. The fraction of sp³-hybridized carbons (Fsp3) is 0.353. The van der Waals surface area contributed by atoms with Gasteiger partial charge in [-0.25, -0.2) is 0 Å². The first-order chi connectivity index (χ1) is 12.5. The van der Waals surface area contributed by atoms with Crippen molar-refractivity contribution >= 4 is 28.1 Å². The highest BCUT2D eigenvalue weighted by molar-refractivity contribution is 7.16. The lowest BCUT2D eigenvalue weighted by Crippen LogP contribution is -2.20. The Balaban J connectivity index is 1.70. The molecule has 2 heterocycles. The van der Waals surface area contributed by atoms with Crippen LogP contribution in [-0.2, 0) is 17.6 Å². The topological polar surface area (TPSA) is 118 Å². The van der Waals surface area contributed by atoms with E-state index in [1.807, 2.05) is 0 Å². The molecular weight excluding hydrogens is 356 g/mol. The number of amides is 1. The van der Waals surface area contributed by atoms with Gasteiger partial charge in [0, 0.05) is 4.88 Å². The highest BCUT2D eigenvalue weighted by Crippen LogP contribution is 2.39. The molecule has 26 heavy (non-hydrogen) atoms. The van der Waals surface area contributed by atoms with Gasteiger partial charge in [-0.2, -0.15) is 5.26 Å². The summed E-state index contributed by atoms with van der Waals surface area (Å²) >= 11 is 1.42. The number of aromatic nitrogens is 1. The summed E-state index contributed by atoms with van der Waals surface area (Å²) in [5, 5.41) is 23.6. The molecule has 0 saturated carbocycles. The second-order valence-electron chi connectivity index (χ2n) is 6.09. The molecule has 3 rings (SSSR count). The van der Waals surface area contributed by atoms with Gasteiger partial charge in [-0.3, -0.25) is 4.79 Å². The van der Waals surface area contributed by atoms with Gasteiger partial charge >= 0.3 is 5.82 Å². The number of nitrogens with one attached hydrogen (secondary N) is 1. The Bertz CT molecular complexity index is 903. The Morgan fingerprint density at radius 2 is 2.42 bits per heavy atom. The van der Waals surface area contributed by atoms with Crippen LogP contribution in [0.4, 0.5) is 10.8 Å². The summed E-state index contributed by atoms with van der Waals surface area (Å²) in [7, 11) is 0. The van der Waals surface area contributed by atoms with Crippen molar-refractivity contribution in [2.24, 2.45) is 5.92 Å². The van der Waals surface area contributed by atoms with E-state index >= 15 is 0 Å². The summed E-state index contributed by atoms with van der Waals surface area (Å²) in [6.45, 7) is 1.76. The van der Waals surface area contributed by atoms with Crippen LogP contribution in [0.2, 0.25) is 0 Å².